The molecule has 0 fully saturated rings. The summed E-state index contributed by atoms with van der Waals surface area (Å²) in [5, 5.41) is 9.92. The predicted octanol–water partition coefficient (Wildman–Crippen LogP) is 5.92. The number of hydrogen-bond donors (Lipinski definition) is 0. The van der Waals surface area contributed by atoms with Crippen LogP contribution in [0.3, 0.4) is 0 Å². The van der Waals surface area contributed by atoms with E-state index in [1.165, 1.54) is 51.4 Å². The lowest BCUT2D eigenvalue weighted by atomic mass is 10.2. The first-order valence-corrected chi connectivity index (χ1v) is 14.5. The Balaban J connectivity index is 0. The van der Waals surface area contributed by atoms with Crippen LogP contribution in [0.25, 0.3) is 0 Å². The maximum Gasteiger partial charge on any atom is 0.306 e. The Bertz CT molecular complexity index is 359. The van der Waals surface area contributed by atoms with Crippen LogP contribution in [0.2, 0.25) is 0 Å². The minimum atomic E-state index is -1.23. The number of carbonyl (C=O) groups excluding carboxylic acids is 2. The van der Waals surface area contributed by atoms with Crippen LogP contribution >= 0.6 is 7.26 Å². The molecular weight excluding hydrogens is 383 g/mol. The summed E-state index contributed by atoms with van der Waals surface area (Å²) in [6.07, 6.45) is 17.6. The molecule has 0 atom stereocenters. The number of carboxylic acids is 1. The molecule has 4 nitrogen and oxygen atoms in total. The number of unbranched alkanes of at least 4 members (excludes halogenated alkanes) is 4. The molecule has 0 bridgehead atoms. The fourth-order valence-electron chi connectivity index (χ4n) is 3.18. The van der Waals surface area contributed by atoms with Crippen molar-refractivity contribution in [2.24, 2.45) is 5.92 Å². The Morgan fingerprint density at radius 3 is 1.41 bits per heavy atom. The van der Waals surface area contributed by atoms with Crippen molar-refractivity contribution in [1.29, 1.82) is 0 Å². The third kappa shape index (κ3) is 20.4. The summed E-state index contributed by atoms with van der Waals surface area (Å²) < 4.78 is 4.72. The van der Waals surface area contributed by atoms with Crippen molar-refractivity contribution in [3.8, 4) is 0 Å². The molecule has 0 amide bonds. The number of ether oxygens (including phenoxy) is 1. The normalized spacial score (nSPS) is 11.1. The Hall–Kier alpha value is -0.630. The summed E-state index contributed by atoms with van der Waals surface area (Å²) >= 11 is 0. The first kappa shape index (κ1) is 30.6. The van der Waals surface area contributed by atoms with Crippen LogP contribution in [0.4, 0.5) is 0 Å². The van der Waals surface area contributed by atoms with E-state index in [0.29, 0.717) is 6.61 Å². The lowest BCUT2D eigenvalue weighted by Gasteiger charge is -2.28. The van der Waals surface area contributed by atoms with E-state index in [4.69, 9.17) is 4.74 Å². The summed E-state index contributed by atoms with van der Waals surface area (Å²) in [5.41, 5.74) is 0. The number of rotatable bonds is 17. The lowest BCUT2D eigenvalue weighted by molar-refractivity contribution is -0.305. The van der Waals surface area contributed by atoms with E-state index in [1.807, 2.05) is 13.8 Å². The van der Waals surface area contributed by atoms with E-state index in [-0.39, 0.29) is 18.8 Å². The number of carbonyl (C=O) groups is 2. The standard InChI is InChI=1S/C16H36P.C8H14O4/c1-5-9-13-17(14-10-6-2,15-11-7-3)16-12-8-4;1-6(2)5-12-8(11)4-3-7(9)10/h5-16H2,1-4H3;6H,3-5H2,1-2H3,(H,9,10)/q+1;/p-1. The number of aliphatic carboxylic acids is 1. The van der Waals surface area contributed by atoms with E-state index in [9.17, 15) is 14.7 Å². The molecule has 0 N–H and O–H groups in total. The molecule has 5 heteroatoms. The molecule has 0 unspecified atom stereocenters. The van der Waals surface area contributed by atoms with E-state index in [1.54, 1.807) is 24.6 Å². The molecule has 0 aromatic carbocycles. The summed E-state index contributed by atoms with van der Waals surface area (Å²) in [7, 11) is -0.562. The van der Waals surface area contributed by atoms with Gasteiger partial charge in [0.05, 0.1) is 37.7 Å². The molecule has 0 aromatic heterocycles. The molecule has 0 aliphatic heterocycles. The summed E-state index contributed by atoms with van der Waals surface area (Å²) in [6, 6.07) is 0. The van der Waals surface area contributed by atoms with Crippen LogP contribution < -0.4 is 5.11 Å². The summed E-state index contributed by atoms with van der Waals surface area (Å²) in [4.78, 5) is 20.7. The fraction of sp³-hybridized carbons (Fsp3) is 0.917. The molecule has 0 spiro atoms. The van der Waals surface area contributed by atoms with Gasteiger partial charge in [-0.15, -0.1) is 0 Å². The Morgan fingerprint density at radius 2 is 1.14 bits per heavy atom. The van der Waals surface area contributed by atoms with Crippen LogP contribution in [-0.4, -0.2) is 43.2 Å². The second-order valence-corrected chi connectivity index (χ2v) is 13.1. The minimum Gasteiger partial charge on any atom is -0.550 e. The van der Waals surface area contributed by atoms with E-state index in [2.05, 4.69) is 27.7 Å². The maximum absolute atomic E-state index is 10.7. The van der Waals surface area contributed by atoms with Gasteiger partial charge < -0.3 is 14.6 Å². The molecule has 29 heavy (non-hydrogen) atoms. The highest BCUT2D eigenvalue weighted by Crippen LogP contribution is 2.61. The molecule has 0 saturated heterocycles. The van der Waals surface area contributed by atoms with Crippen molar-refractivity contribution >= 4 is 19.2 Å². The first-order valence-electron chi connectivity index (χ1n) is 12.0. The van der Waals surface area contributed by atoms with Crippen molar-refractivity contribution in [2.45, 2.75) is 106 Å². The number of hydrogen-bond acceptors (Lipinski definition) is 4. The van der Waals surface area contributed by atoms with Crippen LogP contribution in [0.15, 0.2) is 0 Å². The lowest BCUT2D eigenvalue weighted by Crippen LogP contribution is -2.23. The van der Waals surface area contributed by atoms with E-state index in [0.717, 1.165) is 0 Å². The van der Waals surface area contributed by atoms with Crippen molar-refractivity contribution in [1.82, 2.24) is 0 Å². The van der Waals surface area contributed by atoms with Gasteiger partial charge in [0.2, 0.25) is 0 Å². The molecule has 0 aliphatic carbocycles. The van der Waals surface area contributed by atoms with Gasteiger partial charge in [0.25, 0.3) is 0 Å². The zero-order chi connectivity index (χ0) is 22.5. The number of carboxylic acid groups (broad SMARTS) is 1. The molecule has 0 aliphatic rings. The Labute approximate surface area is 181 Å². The molecule has 0 radical (unpaired) electrons. The van der Waals surface area contributed by atoms with Gasteiger partial charge in [0.15, 0.2) is 0 Å². The average molecular weight is 433 g/mol. The summed E-state index contributed by atoms with van der Waals surface area (Å²) in [5.74, 6) is -1.43. The maximum atomic E-state index is 10.7. The van der Waals surface area contributed by atoms with Gasteiger partial charge in [-0.1, -0.05) is 67.2 Å². The minimum absolute atomic E-state index is 0.102. The third-order valence-corrected chi connectivity index (χ3v) is 10.1. The van der Waals surface area contributed by atoms with Gasteiger partial charge in [-0.3, -0.25) is 4.79 Å². The van der Waals surface area contributed by atoms with Crippen LogP contribution in [0, 0.1) is 5.92 Å². The SMILES string of the molecule is CC(C)COC(=O)CCC(=O)[O-].CCCC[P+](CCCC)(CCCC)CCCC. The zero-order valence-corrected chi connectivity index (χ0v) is 21.2. The smallest absolute Gasteiger partial charge is 0.306 e. The van der Waals surface area contributed by atoms with Crippen LogP contribution in [0.1, 0.15) is 106 Å². The van der Waals surface area contributed by atoms with Gasteiger partial charge in [-0.05, 0) is 38.0 Å². The number of esters is 1. The molecule has 0 aromatic rings. The summed E-state index contributed by atoms with van der Waals surface area (Å²) in [6.45, 7) is 13.6. The highest BCUT2D eigenvalue weighted by Gasteiger charge is 2.34. The molecular formula is C24H49O4P. The Kier molecular flexibility index (Phi) is 21.7. The molecule has 0 rings (SSSR count). The van der Waals surface area contributed by atoms with Gasteiger partial charge in [-0.25, -0.2) is 0 Å². The highest BCUT2D eigenvalue weighted by molar-refractivity contribution is 7.75. The topological polar surface area (TPSA) is 66.4 Å². The van der Waals surface area contributed by atoms with Crippen LogP contribution in [0.5, 0.6) is 0 Å². The van der Waals surface area contributed by atoms with Gasteiger partial charge in [-0.2, -0.15) is 0 Å². The second-order valence-electron chi connectivity index (χ2n) is 8.60. The van der Waals surface area contributed by atoms with Gasteiger partial charge in [0, 0.05) is 13.2 Å². The fourth-order valence-corrected chi connectivity index (χ4v) is 8.47. The largest absolute Gasteiger partial charge is 0.550 e. The van der Waals surface area contributed by atoms with Gasteiger partial charge in [0.1, 0.15) is 0 Å². The van der Waals surface area contributed by atoms with Crippen molar-refractivity contribution < 1.29 is 19.4 Å². The average Bonchev–Trinajstić information content (AvgIpc) is 2.70. The van der Waals surface area contributed by atoms with Crippen molar-refractivity contribution in [3.05, 3.63) is 0 Å². The first-order chi connectivity index (χ1) is 13.8. The highest BCUT2D eigenvalue weighted by atomic mass is 31.2. The third-order valence-electron chi connectivity index (χ3n) is 5.05. The van der Waals surface area contributed by atoms with E-state index >= 15 is 0 Å². The van der Waals surface area contributed by atoms with Crippen molar-refractivity contribution in [2.75, 3.05) is 31.3 Å². The van der Waals surface area contributed by atoms with E-state index < -0.39 is 19.2 Å². The monoisotopic (exact) mass is 432 g/mol. The molecule has 0 heterocycles. The predicted molar refractivity (Wildman–Crippen MR) is 126 cm³/mol. The molecule has 0 saturated carbocycles. The van der Waals surface area contributed by atoms with Gasteiger partial charge >= 0.3 is 5.97 Å². The van der Waals surface area contributed by atoms with Crippen LogP contribution in [-0.2, 0) is 14.3 Å². The Morgan fingerprint density at radius 1 is 0.759 bits per heavy atom. The molecule has 174 valence electrons. The quantitative estimate of drug-likeness (QED) is 0.211. The second kappa shape index (κ2) is 20.6. The van der Waals surface area contributed by atoms with Crippen molar-refractivity contribution in [3.63, 3.8) is 0 Å². The zero-order valence-electron chi connectivity index (χ0n) is 20.3.